The van der Waals surface area contributed by atoms with Crippen LogP contribution in [0.1, 0.15) is 6.92 Å². The molecule has 2 N–H and O–H groups in total. The summed E-state index contributed by atoms with van der Waals surface area (Å²) in [6, 6.07) is 6.62. The van der Waals surface area contributed by atoms with Crippen molar-refractivity contribution in [1.82, 2.24) is 9.97 Å². The van der Waals surface area contributed by atoms with Gasteiger partial charge in [-0.25, -0.2) is 4.98 Å². The van der Waals surface area contributed by atoms with E-state index in [-0.39, 0.29) is 11.7 Å². The molecular formula is C12H12N4O4. The van der Waals surface area contributed by atoms with Gasteiger partial charge in [0.05, 0.1) is 11.5 Å². The average Bonchev–Trinajstić information content (AvgIpc) is 2.41. The van der Waals surface area contributed by atoms with Crippen LogP contribution in [0, 0.1) is 10.1 Å². The first kappa shape index (κ1) is 13.5. The summed E-state index contributed by atoms with van der Waals surface area (Å²) in [5, 5.41) is 10.9. The van der Waals surface area contributed by atoms with Crippen molar-refractivity contribution in [3.8, 4) is 17.4 Å². The molecule has 0 amide bonds. The Morgan fingerprint density at radius 2 is 1.90 bits per heavy atom. The van der Waals surface area contributed by atoms with Crippen molar-refractivity contribution < 1.29 is 14.4 Å². The van der Waals surface area contributed by atoms with Gasteiger partial charge in [-0.15, -0.1) is 0 Å². The number of hydrogen-bond donors (Lipinski definition) is 1. The molecule has 2 rings (SSSR count). The van der Waals surface area contributed by atoms with E-state index in [1.807, 2.05) is 6.92 Å². The molecule has 1 heterocycles. The molecule has 8 heteroatoms. The Bertz CT molecular complexity index is 615. The maximum Gasteiger partial charge on any atom is 0.372 e. The molecule has 0 saturated carbocycles. The lowest BCUT2D eigenvalue weighted by atomic mass is 10.3. The molecule has 0 aliphatic heterocycles. The van der Waals surface area contributed by atoms with Gasteiger partial charge in [0.2, 0.25) is 5.82 Å². The van der Waals surface area contributed by atoms with E-state index in [1.54, 1.807) is 24.3 Å². The topological polar surface area (TPSA) is 113 Å². The number of benzene rings is 1. The van der Waals surface area contributed by atoms with Gasteiger partial charge in [-0.1, -0.05) is 0 Å². The van der Waals surface area contributed by atoms with Gasteiger partial charge in [0.15, 0.2) is 0 Å². The Balaban J connectivity index is 2.26. The summed E-state index contributed by atoms with van der Waals surface area (Å²) in [6.07, 6.45) is 1.10. The lowest BCUT2D eigenvalue weighted by Crippen LogP contribution is -2.02. The van der Waals surface area contributed by atoms with Crippen LogP contribution in [-0.2, 0) is 0 Å². The number of ether oxygens (including phenoxy) is 2. The highest BCUT2D eigenvalue weighted by Crippen LogP contribution is 2.32. The van der Waals surface area contributed by atoms with Crippen LogP contribution < -0.4 is 15.2 Å². The molecule has 0 bridgehead atoms. The zero-order valence-electron chi connectivity index (χ0n) is 10.6. The molecule has 0 atom stereocenters. The minimum absolute atomic E-state index is 0.202. The first-order chi connectivity index (χ1) is 9.61. The number of nitrogens with two attached hydrogens (primary N) is 1. The average molecular weight is 276 g/mol. The summed E-state index contributed by atoms with van der Waals surface area (Å²) in [5.74, 6) is 0.615. The zero-order valence-corrected chi connectivity index (χ0v) is 10.6. The van der Waals surface area contributed by atoms with Crippen molar-refractivity contribution in [3.63, 3.8) is 0 Å². The summed E-state index contributed by atoms with van der Waals surface area (Å²) in [7, 11) is 0. The second kappa shape index (κ2) is 5.83. The fourth-order valence-corrected chi connectivity index (χ4v) is 1.50. The smallest absolute Gasteiger partial charge is 0.372 e. The first-order valence-corrected chi connectivity index (χ1v) is 5.77. The zero-order chi connectivity index (χ0) is 14.5. The number of rotatable bonds is 5. The Kier molecular flexibility index (Phi) is 3.94. The van der Waals surface area contributed by atoms with Crippen molar-refractivity contribution in [2.45, 2.75) is 6.92 Å². The van der Waals surface area contributed by atoms with Crippen LogP contribution in [0.3, 0.4) is 0 Å². The Morgan fingerprint density at radius 3 is 2.50 bits per heavy atom. The molecule has 0 aliphatic carbocycles. The van der Waals surface area contributed by atoms with Gasteiger partial charge in [0.1, 0.15) is 17.8 Å². The molecular weight excluding hydrogens is 264 g/mol. The molecule has 104 valence electrons. The monoisotopic (exact) mass is 276 g/mol. The molecule has 0 fully saturated rings. The van der Waals surface area contributed by atoms with E-state index in [0.29, 0.717) is 18.1 Å². The predicted molar refractivity (Wildman–Crippen MR) is 70.8 cm³/mol. The van der Waals surface area contributed by atoms with Gasteiger partial charge in [0, 0.05) is 0 Å². The van der Waals surface area contributed by atoms with Gasteiger partial charge in [0.25, 0.3) is 0 Å². The van der Waals surface area contributed by atoms with Gasteiger partial charge in [-0.05, 0) is 31.2 Å². The van der Waals surface area contributed by atoms with Gasteiger partial charge in [-0.2, -0.15) is 4.98 Å². The van der Waals surface area contributed by atoms with E-state index >= 15 is 0 Å². The molecule has 20 heavy (non-hydrogen) atoms. The van der Waals surface area contributed by atoms with Crippen LogP contribution >= 0.6 is 0 Å². The quantitative estimate of drug-likeness (QED) is 0.657. The second-order valence-corrected chi connectivity index (χ2v) is 3.68. The van der Waals surface area contributed by atoms with E-state index in [9.17, 15) is 10.1 Å². The summed E-state index contributed by atoms with van der Waals surface area (Å²) in [6.45, 7) is 2.42. The molecule has 0 spiro atoms. The first-order valence-electron chi connectivity index (χ1n) is 5.77. The molecule has 2 aromatic rings. The van der Waals surface area contributed by atoms with Crippen LogP contribution in [-0.4, -0.2) is 21.5 Å². The third-order valence-electron chi connectivity index (χ3n) is 2.35. The summed E-state index contributed by atoms with van der Waals surface area (Å²) in [5.41, 5.74) is 4.99. The predicted octanol–water partition coefficient (Wildman–Crippen LogP) is 2.16. The van der Waals surface area contributed by atoms with E-state index in [4.69, 9.17) is 15.2 Å². The standard InChI is InChI=1S/C12H12N4O4/c1-2-19-8-3-5-9(6-4-8)20-12-10(16(17)18)11(13)14-7-15-12/h3-7H,2H2,1H3,(H2,13,14,15). The van der Waals surface area contributed by atoms with Crippen molar-refractivity contribution >= 4 is 11.5 Å². The number of aromatic nitrogens is 2. The van der Waals surface area contributed by atoms with Crippen LogP contribution in [0.2, 0.25) is 0 Å². The van der Waals surface area contributed by atoms with Crippen LogP contribution in [0.25, 0.3) is 0 Å². The van der Waals surface area contributed by atoms with Gasteiger partial charge >= 0.3 is 11.6 Å². The van der Waals surface area contributed by atoms with Gasteiger partial charge < -0.3 is 15.2 Å². The van der Waals surface area contributed by atoms with E-state index in [1.165, 1.54) is 0 Å². The fourth-order valence-electron chi connectivity index (χ4n) is 1.50. The van der Waals surface area contributed by atoms with Crippen molar-refractivity contribution in [2.75, 3.05) is 12.3 Å². The summed E-state index contributed by atoms with van der Waals surface area (Å²) in [4.78, 5) is 17.5. The van der Waals surface area contributed by atoms with E-state index in [2.05, 4.69) is 9.97 Å². The highest BCUT2D eigenvalue weighted by molar-refractivity contribution is 5.58. The maximum absolute atomic E-state index is 10.9. The molecule has 0 saturated heterocycles. The third-order valence-corrected chi connectivity index (χ3v) is 2.35. The molecule has 1 aromatic carbocycles. The van der Waals surface area contributed by atoms with Crippen molar-refractivity contribution in [2.24, 2.45) is 0 Å². The lowest BCUT2D eigenvalue weighted by molar-refractivity contribution is -0.385. The Morgan fingerprint density at radius 1 is 1.25 bits per heavy atom. The van der Waals surface area contributed by atoms with Crippen LogP contribution in [0.15, 0.2) is 30.6 Å². The molecule has 1 aromatic heterocycles. The minimum atomic E-state index is -0.681. The van der Waals surface area contributed by atoms with Crippen molar-refractivity contribution in [1.29, 1.82) is 0 Å². The van der Waals surface area contributed by atoms with Crippen LogP contribution in [0.5, 0.6) is 17.4 Å². The lowest BCUT2D eigenvalue weighted by Gasteiger charge is -2.07. The normalized spacial score (nSPS) is 10.1. The second-order valence-electron chi connectivity index (χ2n) is 3.68. The van der Waals surface area contributed by atoms with Crippen molar-refractivity contribution in [3.05, 3.63) is 40.7 Å². The summed E-state index contributed by atoms with van der Waals surface area (Å²) >= 11 is 0. The van der Waals surface area contributed by atoms with E-state index < -0.39 is 10.6 Å². The largest absolute Gasteiger partial charge is 0.494 e. The Labute approximate surface area is 114 Å². The number of hydrogen-bond acceptors (Lipinski definition) is 7. The Hall–Kier alpha value is -2.90. The number of nitro groups is 1. The molecule has 0 aliphatic rings. The number of anilines is 1. The molecule has 8 nitrogen and oxygen atoms in total. The number of nitrogens with zero attached hydrogens (tertiary/aromatic N) is 3. The number of nitrogen functional groups attached to an aromatic ring is 1. The summed E-state index contributed by atoms with van der Waals surface area (Å²) < 4.78 is 10.6. The third kappa shape index (κ3) is 2.91. The maximum atomic E-state index is 10.9. The van der Waals surface area contributed by atoms with Gasteiger partial charge in [-0.3, -0.25) is 10.1 Å². The molecule has 0 radical (unpaired) electrons. The van der Waals surface area contributed by atoms with Crippen LogP contribution in [0.4, 0.5) is 11.5 Å². The SMILES string of the molecule is CCOc1ccc(Oc2ncnc(N)c2[N+](=O)[O-])cc1. The molecule has 0 unspecified atom stereocenters. The minimum Gasteiger partial charge on any atom is -0.494 e. The fraction of sp³-hybridized carbons (Fsp3) is 0.167. The highest BCUT2D eigenvalue weighted by atomic mass is 16.6. The van der Waals surface area contributed by atoms with E-state index in [0.717, 1.165) is 6.33 Å². The highest BCUT2D eigenvalue weighted by Gasteiger charge is 2.22.